The predicted molar refractivity (Wildman–Crippen MR) is 84.4 cm³/mol. The van der Waals surface area contributed by atoms with Crippen LogP contribution < -0.4 is 10.6 Å². The van der Waals surface area contributed by atoms with Crippen LogP contribution in [0.5, 0.6) is 0 Å². The Morgan fingerprint density at radius 3 is 2.60 bits per heavy atom. The maximum Gasteiger partial charge on any atom is 0.123 e. The van der Waals surface area contributed by atoms with Crippen LogP contribution in [0, 0.1) is 6.92 Å². The number of benzene rings is 1. The van der Waals surface area contributed by atoms with E-state index in [9.17, 15) is 0 Å². The highest BCUT2D eigenvalue weighted by Gasteiger charge is 2.09. The minimum absolute atomic E-state index is 0.113. The van der Waals surface area contributed by atoms with E-state index in [0.717, 1.165) is 40.8 Å². The smallest absolute Gasteiger partial charge is 0.123 e. The largest absolute Gasteiger partial charge is 0.464 e. The van der Waals surface area contributed by atoms with Gasteiger partial charge in [-0.1, -0.05) is 17.7 Å². The number of nitrogens with two attached hydrogens (primary N) is 1. The van der Waals surface area contributed by atoms with E-state index in [2.05, 4.69) is 11.0 Å². The fourth-order valence-electron chi connectivity index (χ4n) is 2.18. The molecule has 1 aromatic carbocycles. The molecule has 0 bridgehead atoms. The molecule has 0 radical (unpaired) electrons. The van der Waals surface area contributed by atoms with Gasteiger partial charge in [0.25, 0.3) is 0 Å². The van der Waals surface area contributed by atoms with Crippen LogP contribution in [0.15, 0.2) is 34.7 Å². The van der Waals surface area contributed by atoms with Gasteiger partial charge in [0, 0.05) is 23.8 Å². The number of furan rings is 1. The van der Waals surface area contributed by atoms with Gasteiger partial charge in [0.2, 0.25) is 0 Å². The lowest BCUT2D eigenvalue weighted by molar-refractivity contribution is 0.482. The average molecular weight is 293 g/mol. The molecule has 108 valence electrons. The summed E-state index contributed by atoms with van der Waals surface area (Å²) in [7, 11) is 2.02. The Morgan fingerprint density at radius 1 is 1.30 bits per heavy atom. The molecule has 0 spiro atoms. The quantitative estimate of drug-likeness (QED) is 0.912. The zero-order valence-corrected chi connectivity index (χ0v) is 12.9. The van der Waals surface area contributed by atoms with E-state index in [1.807, 2.05) is 45.2 Å². The molecule has 3 nitrogen and oxygen atoms in total. The van der Waals surface area contributed by atoms with Crippen molar-refractivity contribution in [3.05, 3.63) is 52.4 Å². The molecule has 2 rings (SSSR count). The monoisotopic (exact) mass is 292 g/mol. The zero-order chi connectivity index (χ0) is 14.7. The Balaban J connectivity index is 2.10. The first kappa shape index (κ1) is 14.9. The lowest BCUT2D eigenvalue weighted by Crippen LogP contribution is -2.19. The highest BCUT2D eigenvalue weighted by Crippen LogP contribution is 2.25. The summed E-state index contributed by atoms with van der Waals surface area (Å²) in [6.07, 6.45) is 0.792. The Hall–Kier alpha value is -1.45. The Kier molecular flexibility index (Phi) is 4.73. The topological polar surface area (TPSA) is 42.4 Å². The molecule has 4 heteroatoms. The SMILES string of the molecule is Cc1ccc(CN(C)c2ccc(CC(C)N)c(Cl)c2)o1. The van der Waals surface area contributed by atoms with Gasteiger partial charge >= 0.3 is 0 Å². The van der Waals surface area contributed by atoms with Crippen LogP contribution in [0.4, 0.5) is 5.69 Å². The fourth-order valence-corrected chi connectivity index (χ4v) is 2.43. The predicted octanol–water partition coefficient (Wildman–Crippen LogP) is 3.77. The highest BCUT2D eigenvalue weighted by atomic mass is 35.5. The first-order chi connectivity index (χ1) is 9.45. The van der Waals surface area contributed by atoms with Crippen molar-refractivity contribution in [2.45, 2.75) is 32.9 Å². The average Bonchev–Trinajstić information content (AvgIpc) is 2.76. The molecule has 0 fully saturated rings. The molecule has 0 saturated heterocycles. The summed E-state index contributed by atoms with van der Waals surface area (Å²) < 4.78 is 5.59. The summed E-state index contributed by atoms with van der Waals surface area (Å²) in [5, 5.41) is 0.766. The van der Waals surface area contributed by atoms with Gasteiger partial charge in [0.1, 0.15) is 11.5 Å². The second-order valence-electron chi connectivity index (χ2n) is 5.33. The number of anilines is 1. The molecule has 1 unspecified atom stereocenters. The fraction of sp³-hybridized carbons (Fsp3) is 0.375. The van der Waals surface area contributed by atoms with Crippen LogP contribution in [0.3, 0.4) is 0 Å². The summed E-state index contributed by atoms with van der Waals surface area (Å²) in [6, 6.07) is 10.2. The van der Waals surface area contributed by atoms with Crippen LogP contribution in [0.25, 0.3) is 0 Å². The molecule has 1 aromatic heterocycles. The maximum absolute atomic E-state index is 6.32. The van der Waals surface area contributed by atoms with Crippen molar-refractivity contribution < 1.29 is 4.42 Å². The van der Waals surface area contributed by atoms with E-state index in [1.165, 1.54) is 0 Å². The number of hydrogen-bond donors (Lipinski definition) is 1. The summed E-state index contributed by atoms with van der Waals surface area (Å²) in [6.45, 7) is 4.65. The second kappa shape index (κ2) is 6.33. The highest BCUT2D eigenvalue weighted by molar-refractivity contribution is 6.31. The molecule has 0 amide bonds. The van der Waals surface area contributed by atoms with Gasteiger partial charge in [0.05, 0.1) is 6.54 Å². The Labute approximate surface area is 125 Å². The van der Waals surface area contributed by atoms with Gasteiger partial charge in [-0.15, -0.1) is 0 Å². The number of aryl methyl sites for hydroxylation is 1. The van der Waals surface area contributed by atoms with Crippen molar-refractivity contribution in [3.8, 4) is 0 Å². The lowest BCUT2D eigenvalue weighted by Gasteiger charge is -2.19. The van der Waals surface area contributed by atoms with Gasteiger partial charge in [-0.05, 0) is 50.1 Å². The maximum atomic E-state index is 6.32. The molecule has 2 N–H and O–H groups in total. The van der Waals surface area contributed by atoms with E-state index >= 15 is 0 Å². The molecule has 20 heavy (non-hydrogen) atoms. The molecule has 1 atom stereocenters. The molecule has 0 saturated carbocycles. The van der Waals surface area contributed by atoms with Gasteiger partial charge < -0.3 is 15.1 Å². The second-order valence-corrected chi connectivity index (χ2v) is 5.73. The van der Waals surface area contributed by atoms with E-state index in [0.29, 0.717) is 0 Å². The van der Waals surface area contributed by atoms with Crippen LogP contribution in [-0.2, 0) is 13.0 Å². The van der Waals surface area contributed by atoms with Crippen molar-refractivity contribution in [2.75, 3.05) is 11.9 Å². The molecule has 0 aliphatic carbocycles. The number of nitrogens with zero attached hydrogens (tertiary/aromatic N) is 1. The summed E-state index contributed by atoms with van der Waals surface area (Å²) in [4.78, 5) is 2.11. The third kappa shape index (κ3) is 3.78. The number of halogens is 1. The molecular formula is C16H21ClN2O. The van der Waals surface area contributed by atoms with E-state index < -0.39 is 0 Å². The molecular weight excluding hydrogens is 272 g/mol. The van der Waals surface area contributed by atoms with Crippen LogP contribution in [0.1, 0.15) is 24.0 Å². The molecule has 1 heterocycles. The normalized spacial score (nSPS) is 12.4. The summed E-state index contributed by atoms with van der Waals surface area (Å²) >= 11 is 6.32. The molecule has 0 aliphatic rings. The van der Waals surface area contributed by atoms with E-state index in [-0.39, 0.29) is 6.04 Å². The minimum atomic E-state index is 0.113. The van der Waals surface area contributed by atoms with Crippen LogP contribution >= 0.6 is 11.6 Å². The van der Waals surface area contributed by atoms with Crippen LogP contribution in [0.2, 0.25) is 5.02 Å². The Bertz CT molecular complexity index is 578. The summed E-state index contributed by atoms with van der Waals surface area (Å²) in [5.41, 5.74) is 7.97. The zero-order valence-electron chi connectivity index (χ0n) is 12.2. The summed E-state index contributed by atoms with van der Waals surface area (Å²) in [5.74, 6) is 1.87. The molecule has 2 aromatic rings. The van der Waals surface area contributed by atoms with Crippen molar-refractivity contribution in [1.29, 1.82) is 0 Å². The standard InChI is InChI=1S/C16H21ClN2O/c1-11(18)8-13-5-6-14(9-16(13)17)19(3)10-15-7-4-12(2)20-15/h4-7,9,11H,8,10,18H2,1-3H3. The minimum Gasteiger partial charge on any atom is -0.464 e. The third-order valence-electron chi connectivity index (χ3n) is 3.21. The van der Waals surface area contributed by atoms with Gasteiger partial charge in [-0.25, -0.2) is 0 Å². The number of rotatable bonds is 5. The van der Waals surface area contributed by atoms with E-state index in [1.54, 1.807) is 0 Å². The van der Waals surface area contributed by atoms with Crippen molar-refractivity contribution >= 4 is 17.3 Å². The number of hydrogen-bond acceptors (Lipinski definition) is 3. The van der Waals surface area contributed by atoms with Crippen LogP contribution in [-0.4, -0.2) is 13.1 Å². The first-order valence-electron chi connectivity index (χ1n) is 6.76. The van der Waals surface area contributed by atoms with Gasteiger partial charge in [-0.3, -0.25) is 0 Å². The Morgan fingerprint density at radius 2 is 2.05 bits per heavy atom. The first-order valence-corrected chi connectivity index (χ1v) is 7.14. The van der Waals surface area contributed by atoms with Gasteiger partial charge in [0.15, 0.2) is 0 Å². The third-order valence-corrected chi connectivity index (χ3v) is 3.56. The molecule has 0 aliphatic heterocycles. The lowest BCUT2D eigenvalue weighted by atomic mass is 10.1. The van der Waals surface area contributed by atoms with Crippen molar-refractivity contribution in [2.24, 2.45) is 5.73 Å². The van der Waals surface area contributed by atoms with Gasteiger partial charge in [-0.2, -0.15) is 0 Å². The van der Waals surface area contributed by atoms with Crippen molar-refractivity contribution in [3.63, 3.8) is 0 Å². The van der Waals surface area contributed by atoms with Crippen molar-refractivity contribution in [1.82, 2.24) is 0 Å². The van der Waals surface area contributed by atoms with E-state index in [4.69, 9.17) is 21.8 Å².